The normalized spacial score (nSPS) is 36.8. The van der Waals surface area contributed by atoms with E-state index < -0.39 is 0 Å². The van der Waals surface area contributed by atoms with Crippen LogP contribution in [0.3, 0.4) is 0 Å². The van der Waals surface area contributed by atoms with E-state index in [1.807, 2.05) is 12.4 Å². The maximum Gasteiger partial charge on any atom is 0.115 e. The molecule has 0 spiro atoms. The van der Waals surface area contributed by atoms with Crippen LogP contribution in [-0.2, 0) is 0 Å². The van der Waals surface area contributed by atoms with Crippen molar-refractivity contribution in [2.45, 2.75) is 37.3 Å². The van der Waals surface area contributed by atoms with E-state index in [2.05, 4.69) is 15.3 Å². The van der Waals surface area contributed by atoms with Crippen LogP contribution in [-0.4, -0.2) is 22.1 Å². The highest BCUT2D eigenvalue weighted by molar-refractivity contribution is 5.19. The second-order valence-corrected chi connectivity index (χ2v) is 4.06. The van der Waals surface area contributed by atoms with Crippen molar-refractivity contribution in [1.82, 2.24) is 15.3 Å². The molecule has 1 N–H and O–H groups in total. The average molecular weight is 175 g/mol. The molecule has 3 rings (SSSR count). The molecule has 0 radical (unpaired) electrons. The second kappa shape index (κ2) is 2.77. The van der Waals surface area contributed by atoms with Crippen LogP contribution < -0.4 is 5.32 Å². The Morgan fingerprint density at radius 2 is 2.08 bits per heavy atom. The van der Waals surface area contributed by atoms with Gasteiger partial charge in [0.2, 0.25) is 0 Å². The van der Waals surface area contributed by atoms with Gasteiger partial charge in [-0.15, -0.1) is 0 Å². The first-order chi connectivity index (χ1) is 6.43. The van der Waals surface area contributed by atoms with Crippen molar-refractivity contribution in [2.24, 2.45) is 0 Å². The van der Waals surface area contributed by atoms with Crippen molar-refractivity contribution < 1.29 is 0 Å². The number of fused-ring (bicyclic) bond motifs is 2. The van der Waals surface area contributed by atoms with E-state index in [1.54, 1.807) is 6.33 Å². The van der Waals surface area contributed by atoms with Crippen LogP contribution in [0.2, 0.25) is 0 Å². The van der Waals surface area contributed by atoms with Gasteiger partial charge >= 0.3 is 0 Å². The van der Waals surface area contributed by atoms with E-state index in [9.17, 15) is 0 Å². The van der Waals surface area contributed by atoms with E-state index in [0.717, 1.165) is 6.04 Å². The Balaban J connectivity index is 1.87. The zero-order chi connectivity index (χ0) is 8.67. The first kappa shape index (κ1) is 7.44. The van der Waals surface area contributed by atoms with Gasteiger partial charge in [-0.2, -0.15) is 0 Å². The molecule has 1 aromatic rings. The highest BCUT2D eigenvalue weighted by Crippen LogP contribution is 2.39. The molecular formula is C10H13N3. The summed E-state index contributed by atoms with van der Waals surface area (Å²) in [6.07, 6.45) is 9.47. The molecule has 68 valence electrons. The summed E-state index contributed by atoms with van der Waals surface area (Å²) in [6.45, 7) is 0. The Hall–Kier alpha value is -0.960. The summed E-state index contributed by atoms with van der Waals surface area (Å²) in [5.41, 5.74) is 1.31. The lowest BCUT2D eigenvalue weighted by Crippen LogP contribution is -2.21. The van der Waals surface area contributed by atoms with Crippen molar-refractivity contribution in [3.8, 4) is 0 Å². The van der Waals surface area contributed by atoms with Crippen molar-refractivity contribution >= 4 is 0 Å². The number of nitrogens with one attached hydrogen (secondary N) is 1. The number of nitrogens with zero attached hydrogens (tertiary/aromatic N) is 2. The molecule has 2 saturated heterocycles. The van der Waals surface area contributed by atoms with Crippen LogP contribution in [0.15, 0.2) is 18.7 Å². The second-order valence-electron chi connectivity index (χ2n) is 4.06. The van der Waals surface area contributed by atoms with Crippen LogP contribution in [0.4, 0.5) is 0 Å². The molecule has 0 aromatic carbocycles. The van der Waals surface area contributed by atoms with Crippen LogP contribution >= 0.6 is 0 Å². The van der Waals surface area contributed by atoms with Gasteiger partial charge in [0, 0.05) is 30.4 Å². The Morgan fingerprint density at radius 1 is 1.23 bits per heavy atom. The van der Waals surface area contributed by atoms with Crippen molar-refractivity contribution in [2.75, 3.05) is 0 Å². The molecule has 0 aliphatic carbocycles. The maximum absolute atomic E-state index is 4.07. The SMILES string of the molecule is c1ncc([C@H]2C[C@@H]3CC[C@H]2N3)cn1. The minimum absolute atomic E-state index is 0.667. The monoisotopic (exact) mass is 175 g/mol. The van der Waals surface area contributed by atoms with Gasteiger partial charge in [0.1, 0.15) is 6.33 Å². The van der Waals surface area contributed by atoms with E-state index in [1.165, 1.54) is 24.8 Å². The first-order valence-electron chi connectivity index (χ1n) is 4.94. The quantitative estimate of drug-likeness (QED) is 0.694. The molecule has 2 fully saturated rings. The molecule has 3 nitrogen and oxygen atoms in total. The lowest BCUT2D eigenvalue weighted by molar-refractivity contribution is 0.504. The van der Waals surface area contributed by atoms with Crippen LogP contribution in [0.1, 0.15) is 30.7 Å². The van der Waals surface area contributed by atoms with Gasteiger partial charge in [0.25, 0.3) is 0 Å². The number of aromatic nitrogens is 2. The Labute approximate surface area is 77.6 Å². The molecule has 0 unspecified atom stereocenters. The predicted octanol–water partition coefficient (Wildman–Crippen LogP) is 1.08. The molecule has 1 aromatic heterocycles. The minimum atomic E-state index is 0.667. The van der Waals surface area contributed by atoms with E-state index in [4.69, 9.17) is 0 Å². The van der Waals surface area contributed by atoms with Gasteiger partial charge in [-0.05, 0) is 24.8 Å². The first-order valence-corrected chi connectivity index (χ1v) is 4.94. The summed E-state index contributed by atoms with van der Waals surface area (Å²) < 4.78 is 0. The third kappa shape index (κ3) is 1.15. The van der Waals surface area contributed by atoms with Crippen molar-refractivity contribution in [3.05, 3.63) is 24.3 Å². The highest BCUT2D eigenvalue weighted by atomic mass is 15.0. The minimum Gasteiger partial charge on any atom is -0.311 e. The molecule has 2 bridgehead atoms. The number of hydrogen-bond donors (Lipinski definition) is 1. The van der Waals surface area contributed by atoms with E-state index in [0.29, 0.717) is 12.0 Å². The third-order valence-electron chi connectivity index (χ3n) is 3.31. The lowest BCUT2D eigenvalue weighted by Gasteiger charge is -2.19. The topological polar surface area (TPSA) is 37.8 Å². The van der Waals surface area contributed by atoms with Crippen molar-refractivity contribution in [3.63, 3.8) is 0 Å². The molecule has 13 heavy (non-hydrogen) atoms. The Bertz CT molecular complexity index is 298. The zero-order valence-electron chi connectivity index (χ0n) is 7.48. The molecule has 3 heteroatoms. The average Bonchev–Trinajstić information content (AvgIpc) is 2.80. The molecule has 0 amide bonds. The molecular weight excluding hydrogens is 162 g/mol. The van der Waals surface area contributed by atoms with Gasteiger partial charge in [-0.25, -0.2) is 9.97 Å². The fourth-order valence-electron chi connectivity index (χ4n) is 2.69. The van der Waals surface area contributed by atoms with Gasteiger partial charge in [-0.1, -0.05) is 0 Å². The van der Waals surface area contributed by atoms with Gasteiger partial charge < -0.3 is 5.32 Å². The van der Waals surface area contributed by atoms with Crippen LogP contribution in [0, 0.1) is 0 Å². The Kier molecular flexibility index (Phi) is 1.59. The maximum atomic E-state index is 4.07. The summed E-state index contributed by atoms with van der Waals surface area (Å²) in [4.78, 5) is 8.15. The van der Waals surface area contributed by atoms with Gasteiger partial charge in [0.15, 0.2) is 0 Å². The standard InChI is InChI=1S/C10H13N3/c1-2-10-9(3-8(1)13-10)7-4-11-6-12-5-7/h4-6,8-10,13H,1-3H2/t8-,9+,10+/m0/s1. The predicted molar refractivity (Wildman–Crippen MR) is 49.3 cm³/mol. The summed E-state index contributed by atoms with van der Waals surface area (Å²) >= 11 is 0. The summed E-state index contributed by atoms with van der Waals surface area (Å²) in [6, 6.07) is 1.45. The highest BCUT2D eigenvalue weighted by Gasteiger charge is 2.39. The molecule has 0 saturated carbocycles. The van der Waals surface area contributed by atoms with E-state index >= 15 is 0 Å². The van der Waals surface area contributed by atoms with Crippen LogP contribution in [0.5, 0.6) is 0 Å². The van der Waals surface area contributed by atoms with Crippen molar-refractivity contribution in [1.29, 1.82) is 0 Å². The fourth-order valence-corrected chi connectivity index (χ4v) is 2.69. The molecule has 3 atom stereocenters. The molecule has 2 aliphatic heterocycles. The fraction of sp³-hybridized carbons (Fsp3) is 0.600. The molecule has 3 heterocycles. The van der Waals surface area contributed by atoms with Gasteiger partial charge in [-0.3, -0.25) is 0 Å². The number of rotatable bonds is 1. The van der Waals surface area contributed by atoms with Crippen LogP contribution in [0.25, 0.3) is 0 Å². The zero-order valence-corrected chi connectivity index (χ0v) is 7.48. The Morgan fingerprint density at radius 3 is 2.69 bits per heavy atom. The smallest absolute Gasteiger partial charge is 0.115 e. The van der Waals surface area contributed by atoms with Gasteiger partial charge in [0.05, 0.1) is 0 Å². The summed E-state index contributed by atoms with van der Waals surface area (Å²) in [7, 11) is 0. The molecule has 2 aliphatic rings. The lowest BCUT2D eigenvalue weighted by atomic mass is 9.85. The van der Waals surface area contributed by atoms with E-state index in [-0.39, 0.29) is 0 Å². The summed E-state index contributed by atoms with van der Waals surface area (Å²) in [5, 5.41) is 3.62. The third-order valence-corrected chi connectivity index (χ3v) is 3.31. The largest absolute Gasteiger partial charge is 0.311 e. The number of hydrogen-bond acceptors (Lipinski definition) is 3. The summed E-state index contributed by atoms with van der Waals surface area (Å²) in [5.74, 6) is 0.667.